The predicted octanol–water partition coefficient (Wildman–Crippen LogP) is 3.43. The van der Waals surface area contributed by atoms with Gasteiger partial charge in [0.2, 0.25) is 0 Å². The number of hydrogen-bond acceptors (Lipinski definition) is 2. The molecule has 0 aliphatic rings. The first-order valence-electron chi connectivity index (χ1n) is 6.50. The molecule has 19 heavy (non-hydrogen) atoms. The summed E-state index contributed by atoms with van der Waals surface area (Å²) in [5.41, 5.74) is 1.26. The van der Waals surface area contributed by atoms with E-state index in [0.717, 1.165) is 17.6 Å². The lowest BCUT2D eigenvalue weighted by Gasteiger charge is -2.27. The summed E-state index contributed by atoms with van der Waals surface area (Å²) in [5.74, 6) is -0.591. The zero-order chi connectivity index (χ0) is 14.5. The van der Waals surface area contributed by atoms with E-state index in [0.29, 0.717) is 0 Å². The highest BCUT2D eigenvalue weighted by atomic mass is 79.9. The summed E-state index contributed by atoms with van der Waals surface area (Å²) in [5, 5.41) is 12.1. The van der Waals surface area contributed by atoms with E-state index >= 15 is 0 Å². The van der Waals surface area contributed by atoms with Crippen LogP contribution in [0.3, 0.4) is 0 Å². The van der Waals surface area contributed by atoms with Crippen molar-refractivity contribution in [2.24, 2.45) is 5.92 Å². The summed E-state index contributed by atoms with van der Waals surface area (Å²) >= 11 is 3.58. The lowest BCUT2D eigenvalue weighted by atomic mass is 9.84. The van der Waals surface area contributed by atoms with Gasteiger partial charge in [0.1, 0.15) is 0 Å². The normalized spacial score (nSPS) is 13.3. The molecule has 106 valence electrons. The Morgan fingerprint density at radius 1 is 1.42 bits per heavy atom. The molecule has 0 bridgehead atoms. The molecule has 0 fully saturated rings. The van der Waals surface area contributed by atoms with Gasteiger partial charge in [0.15, 0.2) is 0 Å². The second-order valence-corrected chi connectivity index (χ2v) is 6.55. The Morgan fingerprint density at radius 3 is 2.63 bits per heavy atom. The van der Waals surface area contributed by atoms with Crippen LogP contribution >= 0.6 is 15.9 Å². The van der Waals surface area contributed by atoms with Crippen LogP contribution in [0, 0.1) is 5.92 Å². The van der Waals surface area contributed by atoms with Gasteiger partial charge in [-0.15, -0.1) is 0 Å². The molecule has 0 amide bonds. The van der Waals surface area contributed by atoms with Gasteiger partial charge in [0, 0.05) is 22.9 Å². The van der Waals surface area contributed by atoms with Gasteiger partial charge in [-0.2, -0.15) is 0 Å². The fourth-order valence-corrected chi connectivity index (χ4v) is 2.93. The number of nitrogens with one attached hydrogen (secondary N) is 1. The van der Waals surface area contributed by atoms with Gasteiger partial charge in [-0.05, 0) is 24.1 Å². The third-order valence-corrected chi connectivity index (χ3v) is 3.88. The number of hydrogen-bond donors (Lipinski definition) is 2. The lowest BCUT2D eigenvalue weighted by Crippen LogP contribution is -2.35. The molecule has 1 rings (SSSR count). The van der Waals surface area contributed by atoms with Gasteiger partial charge in [0.05, 0.1) is 0 Å². The Hall–Kier alpha value is -0.870. The van der Waals surface area contributed by atoms with Crippen LogP contribution in [-0.4, -0.2) is 24.2 Å². The maximum atomic E-state index is 10.6. The Bertz CT molecular complexity index is 432. The van der Waals surface area contributed by atoms with Crippen molar-refractivity contribution < 1.29 is 9.90 Å². The number of halogens is 1. The molecule has 0 saturated heterocycles. The number of aliphatic carboxylic acids is 1. The molecule has 0 aromatic heterocycles. The van der Waals surface area contributed by atoms with E-state index in [1.54, 1.807) is 0 Å². The summed E-state index contributed by atoms with van der Waals surface area (Å²) in [7, 11) is 0. The van der Waals surface area contributed by atoms with Gasteiger partial charge in [0.25, 0.3) is 0 Å². The van der Waals surface area contributed by atoms with E-state index in [9.17, 15) is 4.79 Å². The Balaban J connectivity index is 2.52. The van der Waals surface area contributed by atoms with Gasteiger partial charge in [-0.1, -0.05) is 54.9 Å². The van der Waals surface area contributed by atoms with Crippen molar-refractivity contribution in [2.45, 2.75) is 32.6 Å². The third kappa shape index (κ3) is 5.33. The molecule has 0 heterocycles. The van der Waals surface area contributed by atoms with Gasteiger partial charge in [-0.25, -0.2) is 0 Å². The van der Waals surface area contributed by atoms with Crippen molar-refractivity contribution in [1.82, 2.24) is 5.32 Å². The number of benzene rings is 1. The van der Waals surface area contributed by atoms with Gasteiger partial charge < -0.3 is 10.4 Å². The molecule has 0 aliphatic heterocycles. The molecule has 3 nitrogen and oxygen atoms in total. The quantitative estimate of drug-likeness (QED) is 0.806. The van der Waals surface area contributed by atoms with E-state index in [2.05, 4.69) is 41.2 Å². The minimum absolute atomic E-state index is 0.00301. The van der Waals surface area contributed by atoms with Crippen molar-refractivity contribution in [3.05, 3.63) is 34.3 Å². The summed E-state index contributed by atoms with van der Waals surface area (Å²) < 4.78 is 1.11. The minimum Gasteiger partial charge on any atom is -0.481 e. The summed E-state index contributed by atoms with van der Waals surface area (Å²) in [6.07, 6.45) is 0.211. The smallest absolute Gasteiger partial charge is 0.303 e. The molecule has 0 aliphatic carbocycles. The fourth-order valence-electron chi connectivity index (χ4n) is 2.11. The SMILES string of the molecule is CC(CNCC(C)(C)c1ccccc1Br)CC(=O)O. The molecule has 1 unspecified atom stereocenters. The highest BCUT2D eigenvalue weighted by molar-refractivity contribution is 9.10. The molecule has 0 spiro atoms. The van der Waals surface area contributed by atoms with Crippen LogP contribution < -0.4 is 5.32 Å². The highest BCUT2D eigenvalue weighted by Gasteiger charge is 2.22. The van der Waals surface area contributed by atoms with Crippen molar-refractivity contribution in [1.29, 1.82) is 0 Å². The number of rotatable bonds is 7. The maximum Gasteiger partial charge on any atom is 0.303 e. The molecule has 1 aromatic carbocycles. The van der Waals surface area contributed by atoms with E-state index in [-0.39, 0.29) is 17.8 Å². The van der Waals surface area contributed by atoms with Crippen molar-refractivity contribution in [3.63, 3.8) is 0 Å². The summed E-state index contributed by atoms with van der Waals surface area (Å²) in [6, 6.07) is 8.21. The Labute approximate surface area is 123 Å². The van der Waals surface area contributed by atoms with E-state index in [1.807, 2.05) is 25.1 Å². The monoisotopic (exact) mass is 327 g/mol. The Morgan fingerprint density at radius 2 is 2.05 bits per heavy atom. The van der Waals surface area contributed by atoms with Crippen molar-refractivity contribution in [3.8, 4) is 0 Å². The van der Waals surface area contributed by atoms with Crippen LogP contribution in [0.15, 0.2) is 28.7 Å². The average molecular weight is 328 g/mol. The second kappa shape index (κ2) is 7.06. The van der Waals surface area contributed by atoms with Gasteiger partial charge in [-0.3, -0.25) is 4.79 Å². The number of carbonyl (C=O) groups is 1. The first-order chi connectivity index (χ1) is 8.83. The van der Waals surface area contributed by atoms with E-state index in [1.165, 1.54) is 5.56 Å². The molecule has 4 heteroatoms. The van der Waals surface area contributed by atoms with Crippen LogP contribution in [0.5, 0.6) is 0 Å². The van der Waals surface area contributed by atoms with Crippen LogP contribution in [0.4, 0.5) is 0 Å². The maximum absolute atomic E-state index is 10.6. The third-order valence-electron chi connectivity index (χ3n) is 3.19. The topological polar surface area (TPSA) is 49.3 Å². The van der Waals surface area contributed by atoms with Crippen molar-refractivity contribution in [2.75, 3.05) is 13.1 Å². The zero-order valence-corrected chi connectivity index (χ0v) is 13.3. The first kappa shape index (κ1) is 16.2. The number of carboxylic acid groups (broad SMARTS) is 1. The fraction of sp³-hybridized carbons (Fsp3) is 0.533. The molecule has 1 aromatic rings. The van der Waals surface area contributed by atoms with Crippen LogP contribution in [-0.2, 0) is 10.2 Å². The largest absolute Gasteiger partial charge is 0.481 e. The van der Waals surface area contributed by atoms with E-state index < -0.39 is 5.97 Å². The standard InChI is InChI=1S/C15H22BrNO2/c1-11(8-14(18)19)9-17-10-15(2,3)12-6-4-5-7-13(12)16/h4-7,11,17H,8-10H2,1-3H3,(H,18,19). The van der Waals surface area contributed by atoms with Crippen LogP contribution in [0.25, 0.3) is 0 Å². The van der Waals surface area contributed by atoms with Crippen LogP contribution in [0.1, 0.15) is 32.8 Å². The van der Waals surface area contributed by atoms with Crippen molar-refractivity contribution >= 4 is 21.9 Å². The zero-order valence-electron chi connectivity index (χ0n) is 11.7. The summed E-state index contributed by atoms with van der Waals surface area (Å²) in [6.45, 7) is 7.86. The average Bonchev–Trinajstić information content (AvgIpc) is 2.27. The Kier molecular flexibility index (Phi) is 6.01. The van der Waals surface area contributed by atoms with E-state index in [4.69, 9.17) is 5.11 Å². The molecule has 0 radical (unpaired) electrons. The lowest BCUT2D eigenvalue weighted by molar-refractivity contribution is -0.137. The summed E-state index contributed by atoms with van der Waals surface area (Å²) in [4.78, 5) is 10.6. The molecule has 0 saturated carbocycles. The number of carboxylic acids is 1. The minimum atomic E-state index is -0.737. The van der Waals surface area contributed by atoms with Crippen LogP contribution in [0.2, 0.25) is 0 Å². The molecular formula is C15H22BrNO2. The predicted molar refractivity (Wildman–Crippen MR) is 81.5 cm³/mol. The first-order valence-corrected chi connectivity index (χ1v) is 7.30. The highest BCUT2D eigenvalue weighted by Crippen LogP contribution is 2.29. The molecular weight excluding hydrogens is 306 g/mol. The molecule has 2 N–H and O–H groups in total. The second-order valence-electron chi connectivity index (χ2n) is 5.70. The van der Waals surface area contributed by atoms with Gasteiger partial charge >= 0.3 is 5.97 Å². The molecule has 1 atom stereocenters.